The fourth-order valence-corrected chi connectivity index (χ4v) is 2.10. The highest BCUT2D eigenvalue weighted by atomic mass is 32.2. The zero-order valence-electron chi connectivity index (χ0n) is 10.5. The third kappa shape index (κ3) is 4.83. The number of nitrogens with one attached hydrogen (secondary N) is 1. The summed E-state index contributed by atoms with van der Waals surface area (Å²) in [6, 6.07) is 4.74. The van der Waals surface area contributed by atoms with Gasteiger partial charge in [-0.3, -0.25) is 10.1 Å². The third-order valence-corrected chi connectivity index (χ3v) is 3.28. The monoisotopic (exact) mass is 269 g/mol. The van der Waals surface area contributed by atoms with E-state index < -0.39 is 4.92 Å². The van der Waals surface area contributed by atoms with Crippen LogP contribution in [0.4, 0.5) is 17.1 Å². The normalized spacial score (nSPS) is 10.3. The molecular formula is C12H19N3O2S. The maximum Gasteiger partial charge on any atom is 0.292 e. The van der Waals surface area contributed by atoms with Crippen LogP contribution in [0.2, 0.25) is 0 Å². The van der Waals surface area contributed by atoms with Gasteiger partial charge in [-0.25, -0.2) is 0 Å². The Kier molecular flexibility index (Phi) is 6.35. The van der Waals surface area contributed by atoms with Gasteiger partial charge in [-0.05, 0) is 37.0 Å². The molecule has 1 rings (SSSR count). The Hall–Kier alpha value is -1.43. The van der Waals surface area contributed by atoms with E-state index in [9.17, 15) is 10.1 Å². The van der Waals surface area contributed by atoms with Crippen LogP contribution in [-0.4, -0.2) is 23.5 Å². The van der Waals surface area contributed by atoms with Crippen molar-refractivity contribution < 1.29 is 4.92 Å². The van der Waals surface area contributed by atoms with Gasteiger partial charge in [-0.1, -0.05) is 6.42 Å². The fraction of sp³-hybridized carbons (Fsp3) is 0.500. The number of nitrogens with two attached hydrogens (primary N) is 1. The molecule has 0 saturated heterocycles. The lowest BCUT2D eigenvalue weighted by molar-refractivity contribution is -0.383. The van der Waals surface area contributed by atoms with E-state index in [2.05, 4.69) is 11.6 Å². The molecular weight excluding hydrogens is 250 g/mol. The van der Waals surface area contributed by atoms with Crippen LogP contribution in [-0.2, 0) is 0 Å². The molecule has 0 atom stereocenters. The van der Waals surface area contributed by atoms with Crippen molar-refractivity contribution in [1.82, 2.24) is 0 Å². The van der Waals surface area contributed by atoms with Crippen LogP contribution in [0.15, 0.2) is 18.2 Å². The average Bonchev–Trinajstić information content (AvgIpc) is 2.33. The van der Waals surface area contributed by atoms with Gasteiger partial charge in [0.05, 0.1) is 4.92 Å². The van der Waals surface area contributed by atoms with Crippen LogP contribution in [0.1, 0.15) is 19.3 Å². The van der Waals surface area contributed by atoms with Crippen molar-refractivity contribution in [3.63, 3.8) is 0 Å². The Morgan fingerprint density at radius 3 is 2.78 bits per heavy atom. The summed E-state index contributed by atoms with van der Waals surface area (Å²) in [7, 11) is 0. The standard InChI is InChI=1S/C12H19N3O2S/c1-18-8-4-2-3-7-14-10-5-6-12(15(16)17)11(13)9-10/h5-6,9,14H,2-4,7-8,13H2,1H3. The maximum absolute atomic E-state index is 10.6. The largest absolute Gasteiger partial charge is 0.393 e. The molecule has 0 unspecified atom stereocenters. The summed E-state index contributed by atoms with van der Waals surface area (Å²) in [5, 5.41) is 13.8. The Balaban J connectivity index is 2.35. The molecule has 1 aromatic carbocycles. The molecule has 1 aromatic rings. The number of nitrogen functional groups attached to an aromatic ring is 1. The number of anilines is 2. The zero-order valence-corrected chi connectivity index (χ0v) is 11.3. The molecule has 0 aliphatic carbocycles. The Morgan fingerprint density at radius 1 is 1.39 bits per heavy atom. The second-order valence-corrected chi connectivity index (χ2v) is 5.00. The molecule has 18 heavy (non-hydrogen) atoms. The molecule has 0 fully saturated rings. The van der Waals surface area contributed by atoms with E-state index in [1.807, 2.05) is 11.8 Å². The highest BCUT2D eigenvalue weighted by Crippen LogP contribution is 2.24. The van der Waals surface area contributed by atoms with E-state index in [1.165, 1.54) is 24.7 Å². The highest BCUT2D eigenvalue weighted by molar-refractivity contribution is 7.98. The first-order valence-corrected chi connectivity index (χ1v) is 7.31. The maximum atomic E-state index is 10.6. The first-order chi connectivity index (χ1) is 8.65. The molecule has 0 radical (unpaired) electrons. The van der Waals surface area contributed by atoms with E-state index in [4.69, 9.17) is 5.73 Å². The van der Waals surface area contributed by atoms with Crippen molar-refractivity contribution in [3.05, 3.63) is 28.3 Å². The number of unbranched alkanes of at least 4 members (excludes halogenated alkanes) is 2. The van der Waals surface area contributed by atoms with Gasteiger partial charge in [0.1, 0.15) is 5.69 Å². The first-order valence-electron chi connectivity index (χ1n) is 5.92. The predicted molar refractivity (Wildman–Crippen MR) is 78.2 cm³/mol. The van der Waals surface area contributed by atoms with Crippen LogP contribution < -0.4 is 11.1 Å². The van der Waals surface area contributed by atoms with Gasteiger partial charge in [0, 0.05) is 18.3 Å². The smallest absolute Gasteiger partial charge is 0.292 e. The van der Waals surface area contributed by atoms with E-state index >= 15 is 0 Å². The van der Waals surface area contributed by atoms with Crippen LogP contribution in [0, 0.1) is 10.1 Å². The molecule has 0 amide bonds. The van der Waals surface area contributed by atoms with Gasteiger partial charge in [0.15, 0.2) is 0 Å². The van der Waals surface area contributed by atoms with E-state index in [0.717, 1.165) is 18.7 Å². The van der Waals surface area contributed by atoms with Crippen molar-refractivity contribution in [2.75, 3.05) is 29.6 Å². The minimum atomic E-state index is -0.471. The predicted octanol–water partition coefficient (Wildman–Crippen LogP) is 3.12. The molecule has 6 heteroatoms. The number of nitro groups is 1. The number of hydrogen-bond donors (Lipinski definition) is 2. The highest BCUT2D eigenvalue weighted by Gasteiger charge is 2.10. The van der Waals surface area contributed by atoms with Gasteiger partial charge in [-0.15, -0.1) is 0 Å². The van der Waals surface area contributed by atoms with Crippen LogP contribution in [0.5, 0.6) is 0 Å². The lowest BCUT2D eigenvalue weighted by atomic mass is 10.2. The Labute approximate surface area is 111 Å². The molecule has 0 aliphatic heterocycles. The van der Waals surface area contributed by atoms with Gasteiger partial charge >= 0.3 is 0 Å². The summed E-state index contributed by atoms with van der Waals surface area (Å²) >= 11 is 1.86. The van der Waals surface area contributed by atoms with Crippen molar-refractivity contribution >= 4 is 28.8 Å². The molecule has 0 saturated carbocycles. The van der Waals surface area contributed by atoms with Gasteiger partial charge in [0.25, 0.3) is 5.69 Å². The summed E-state index contributed by atoms with van der Waals surface area (Å²) in [6.07, 6.45) is 5.62. The molecule has 0 heterocycles. The first kappa shape index (κ1) is 14.6. The molecule has 100 valence electrons. The molecule has 3 N–H and O–H groups in total. The van der Waals surface area contributed by atoms with Crippen molar-refractivity contribution in [2.24, 2.45) is 0 Å². The summed E-state index contributed by atoms with van der Waals surface area (Å²) in [4.78, 5) is 10.1. The second-order valence-electron chi connectivity index (χ2n) is 4.01. The average molecular weight is 269 g/mol. The van der Waals surface area contributed by atoms with Gasteiger partial charge in [0.2, 0.25) is 0 Å². The van der Waals surface area contributed by atoms with Crippen molar-refractivity contribution in [3.8, 4) is 0 Å². The molecule has 0 aromatic heterocycles. The Morgan fingerprint density at radius 2 is 2.17 bits per heavy atom. The zero-order chi connectivity index (χ0) is 13.4. The van der Waals surface area contributed by atoms with Gasteiger partial charge in [-0.2, -0.15) is 11.8 Å². The summed E-state index contributed by atoms with van der Waals surface area (Å²) < 4.78 is 0. The number of benzene rings is 1. The quantitative estimate of drug-likeness (QED) is 0.328. The van der Waals surface area contributed by atoms with E-state index in [-0.39, 0.29) is 11.4 Å². The molecule has 0 spiro atoms. The van der Waals surface area contributed by atoms with E-state index in [0.29, 0.717) is 0 Å². The second kappa shape index (κ2) is 7.81. The number of rotatable bonds is 8. The van der Waals surface area contributed by atoms with Gasteiger partial charge < -0.3 is 11.1 Å². The van der Waals surface area contributed by atoms with E-state index in [1.54, 1.807) is 12.1 Å². The van der Waals surface area contributed by atoms with Crippen molar-refractivity contribution in [1.29, 1.82) is 0 Å². The Bertz CT molecular complexity index is 399. The number of nitro benzene ring substituents is 1. The third-order valence-electron chi connectivity index (χ3n) is 2.58. The minimum absolute atomic E-state index is 0.0412. The topological polar surface area (TPSA) is 81.2 Å². The van der Waals surface area contributed by atoms with Crippen LogP contribution >= 0.6 is 11.8 Å². The van der Waals surface area contributed by atoms with Crippen LogP contribution in [0.25, 0.3) is 0 Å². The fourth-order valence-electron chi connectivity index (χ4n) is 1.61. The number of nitrogens with zero attached hydrogens (tertiary/aromatic N) is 1. The summed E-state index contributed by atoms with van der Waals surface area (Å²) in [5.41, 5.74) is 6.60. The lowest BCUT2D eigenvalue weighted by Crippen LogP contribution is -2.03. The molecule has 0 bridgehead atoms. The van der Waals surface area contributed by atoms with Crippen LogP contribution in [0.3, 0.4) is 0 Å². The van der Waals surface area contributed by atoms with Crippen molar-refractivity contribution in [2.45, 2.75) is 19.3 Å². The molecule has 0 aliphatic rings. The summed E-state index contributed by atoms with van der Waals surface area (Å²) in [5.74, 6) is 1.20. The minimum Gasteiger partial charge on any atom is -0.393 e. The molecule has 5 nitrogen and oxygen atoms in total. The number of thioether (sulfide) groups is 1. The lowest BCUT2D eigenvalue weighted by Gasteiger charge is -2.07. The summed E-state index contributed by atoms with van der Waals surface area (Å²) in [6.45, 7) is 0.867. The number of hydrogen-bond acceptors (Lipinski definition) is 5. The SMILES string of the molecule is CSCCCCCNc1ccc([N+](=O)[O-])c(N)c1.